The average Bonchev–Trinajstić information content (AvgIpc) is 3.34. The van der Waals surface area contributed by atoms with Crippen LogP contribution in [0.15, 0.2) is 42.7 Å². The van der Waals surface area contributed by atoms with E-state index in [1.54, 1.807) is 49.0 Å². The van der Waals surface area contributed by atoms with E-state index in [-0.39, 0.29) is 35.7 Å². The molecule has 0 bridgehead atoms. The molecule has 0 unspecified atom stereocenters. The summed E-state index contributed by atoms with van der Waals surface area (Å²) >= 11 is 12.3. The maximum atomic E-state index is 13.3. The van der Waals surface area contributed by atoms with Crippen LogP contribution in [0.4, 0.5) is 5.82 Å². The van der Waals surface area contributed by atoms with Crippen LogP contribution in [0.5, 0.6) is 17.4 Å². The van der Waals surface area contributed by atoms with E-state index >= 15 is 0 Å². The second kappa shape index (κ2) is 11.3. The summed E-state index contributed by atoms with van der Waals surface area (Å²) in [5.74, 6) is 0.348. The monoisotopic (exact) mass is 524 g/mol. The Morgan fingerprint density at radius 2 is 2.03 bits per heavy atom. The zero-order valence-electron chi connectivity index (χ0n) is 20.0. The molecule has 0 radical (unpaired) electrons. The fraction of sp³-hybridized carbons (Fsp3) is 0.417. The molecule has 35 heavy (non-hydrogen) atoms. The Kier molecular flexibility index (Phi) is 8.71. The molecule has 0 aliphatic carbocycles. The molecular formula is C24H30Cl2N4O5. The van der Waals surface area contributed by atoms with E-state index in [1.807, 2.05) is 13.8 Å². The highest BCUT2D eigenvalue weighted by Crippen LogP contribution is 2.37. The molecule has 190 valence electrons. The lowest BCUT2D eigenvalue weighted by Crippen LogP contribution is -2.29. The number of carbonyl (C=O) groups is 1. The van der Waals surface area contributed by atoms with Crippen molar-refractivity contribution >= 4 is 34.9 Å². The standard InChI is InChI=1S/C24H30Cl2N4O5/c1-5-34-15(2)11-18(23(32)27-20-9-10-29(28-20)14-24(3,4)33)30-13-16(12-21(30)31)35-19-8-6-7-17(25)22(19)26/h6-10,12-13,15,18,31,33H,5,11,14H2,1-4H3,(H,27,28,32)/t15-,18-/m0/s1. The number of aliphatic hydroxyl groups is 1. The van der Waals surface area contributed by atoms with Crippen LogP contribution in [0, 0.1) is 0 Å². The van der Waals surface area contributed by atoms with Crippen molar-refractivity contribution in [2.24, 2.45) is 0 Å². The molecule has 0 saturated heterocycles. The maximum Gasteiger partial charge on any atom is 0.248 e. The molecule has 1 amide bonds. The first-order valence-electron chi connectivity index (χ1n) is 11.2. The smallest absolute Gasteiger partial charge is 0.248 e. The van der Waals surface area contributed by atoms with Crippen LogP contribution >= 0.6 is 23.2 Å². The number of carbonyl (C=O) groups excluding carboxylic acids is 1. The van der Waals surface area contributed by atoms with Gasteiger partial charge in [-0.3, -0.25) is 9.48 Å². The number of hydrogen-bond donors (Lipinski definition) is 3. The van der Waals surface area contributed by atoms with Crippen molar-refractivity contribution in [3.63, 3.8) is 0 Å². The van der Waals surface area contributed by atoms with E-state index in [0.717, 1.165) is 0 Å². The van der Waals surface area contributed by atoms with E-state index in [9.17, 15) is 15.0 Å². The van der Waals surface area contributed by atoms with Gasteiger partial charge in [0.2, 0.25) is 5.91 Å². The minimum atomic E-state index is -0.956. The van der Waals surface area contributed by atoms with E-state index in [2.05, 4.69) is 10.4 Å². The van der Waals surface area contributed by atoms with Gasteiger partial charge in [-0.25, -0.2) is 0 Å². The Morgan fingerprint density at radius 1 is 1.29 bits per heavy atom. The van der Waals surface area contributed by atoms with Crippen molar-refractivity contribution < 1.29 is 24.5 Å². The second-order valence-corrected chi connectivity index (χ2v) is 9.60. The summed E-state index contributed by atoms with van der Waals surface area (Å²) in [4.78, 5) is 13.3. The third kappa shape index (κ3) is 7.38. The van der Waals surface area contributed by atoms with Gasteiger partial charge in [-0.05, 0) is 39.8 Å². The van der Waals surface area contributed by atoms with E-state index in [0.29, 0.717) is 23.2 Å². The largest absolute Gasteiger partial charge is 0.494 e. The molecule has 0 spiro atoms. The van der Waals surface area contributed by atoms with Crippen LogP contribution in [0.1, 0.15) is 40.2 Å². The molecule has 11 heteroatoms. The van der Waals surface area contributed by atoms with Crippen LogP contribution in [0.2, 0.25) is 10.0 Å². The summed E-state index contributed by atoms with van der Waals surface area (Å²) < 4.78 is 14.4. The molecule has 1 aromatic carbocycles. The predicted octanol–water partition coefficient (Wildman–Crippen LogP) is 5.26. The SMILES string of the molecule is CCO[C@@H](C)C[C@@H](C(=O)Nc1ccn(CC(C)(C)O)n1)n1cc(Oc2cccc(Cl)c2Cl)cc1O. The molecule has 2 aromatic heterocycles. The van der Waals surface area contributed by atoms with Gasteiger partial charge in [-0.1, -0.05) is 29.3 Å². The molecule has 2 atom stereocenters. The van der Waals surface area contributed by atoms with Gasteiger partial charge in [0.25, 0.3) is 0 Å². The average molecular weight is 525 g/mol. The van der Waals surface area contributed by atoms with Gasteiger partial charge < -0.3 is 29.6 Å². The summed E-state index contributed by atoms with van der Waals surface area (Å²) in [6.07, 6.45) is 3.20. The lowest BCUT2D eigenvalue weighted by atomic mass is 10.1. The number of rotatable bonds is 11. The van der Waals surface area contributed by atoms with Gasteiger partial charge >= 0.3 is 0 Å². The quantitative estimate of drug-likeness (QED) is 0.315. The number of halogens is 2. The number of hydrogen-bond acceptors (Lipinski definition) is 6. The molecule has 0 aliphatic heterocycles. The number of aromatic hydroxyl groups is 1. The van der Waals surface area contributed by atoms with E-state index in [1.165, 1.54) is 16.8 Å². The van der Waals surface area contributed by atoms with Crippen molar-refractivity contribution in [1.29, 1.82) is 0 Å². The minimum absolute atomic E-state index is 0.172. The number of amides is 1. The number of aromatic nitrogens is 3. The Labute approximate surface area is 214 Å². The summed E-state index contributed by atoms with van der Waals surface area (Å²) in [6, 6.07) is 7.17. The van der Waals surface area contributed by atoms with Crippen molar-refractivity contribution in [2.75, 3.05) is 11.9 Å². The zero-order chi connectivity index (χ0) is 25.8. The van der Waals surface area contributed by atoms with Crippen molar-refractivity contribution in [3.05, 3.63) is 52.8 Å². The number of nitrogens with one attached hydrogen (secondary N) is 1. The summed E-state index contributed by atoms with van der Waals surface area (Å²) in [7, 11) is 0. The first-order valence-corrected chi connectivity index (χ1v) is 11.9. The topological polar surface area (TPSA) is 111 Å². The highest BCUT2D eigenvalue weighted by molar-refractivity contribution is 6.42. The molecule has 3 aromatic rings. The lowest BCUT2D eigenvalue weighted by Gasteiger charge is -2.22. The first-order chi connectivity index (χ1) is 16.5. The zero-order valence-corrected chi connectivity index (χ0v) is 21.5. The van der Waals surface area contributed by atoms with Crippen LogP contribution in [0.25, 0.3) is 0 Å². The summed E-state index contributed by atoms with van der Waals surface area (Å²) in [6.45, 7) is 7.81. The van der Waals surface area contributed by atoms with E-state index in [4.69, 9.17) is 32.7 Å². The van der Waals surface area contributed by atoms with Crippen LogP contribution in [-0.2, 0) is 16.1 Å². The number of ether oxygens (including phenoxy) is 2. The number of anilines is 1. The Hall–Kier alpha value is -2.72. The number of nitrogens with zero attached hydrogens (tertiary/aromatic N) is 3. The van der Waals surface area contributed by atoms with Gasteiger partial charge in [0.15, 0.2) is 11.7 Å². The highest BCUT2D eigenvalue weighted by Gasteiger charge is 2.27. The van der Waals surface area contributed by atoms with Crippen molar-refractivity contribution in [1.82, 2.24) is 14.3 Å². The molecule has 3 rings (SSSR count). The van der Waals surface area contributed by atoms with Crippen molar-refractivity contribution in [2.45, 2.75) is 58.4 Å². The lowest BCUT2D eigenvalue weighted by molar-refractivity contribution is -0.120. The minimum Gasteiger partial charge on any atom is -0.494 e. The van der Waals surface area contributed by atoms with Gasteiger partial charge in [0.1, 0.15) is 22.6 Å². The third-order valence-corrected chi connectivity index (χ3v) is 5.83. The third-order valence-electron chi connectivity index (χ3n) is 5.03. The molecule has 9 nitrogen and oxygen atoms in total. The van der Waals surface area contributed by atoms with Gasteiger partial charge in [0, 0.05) is 31.4 Å². The number of benzene rings is 1. The molecule has 0 aliphatic rings. The van der Waals surface area contributed by atoms with Crippen LogP contribution in [0.3, 0.4) is 0 Å². The Balaban J connectivity index is 1.84. The Bertz CT molecular complexity index is 1160. The van der Waals surface area contributed by atoms with Crippen LogP contribution < -0.4 is 10.1 Å². The maximum absolute atomic E-state index is 13.3. The Morgan fingerprint density at radius 3 is 2.71 bits per heavy atom. The fourth-order valence-electron chi connectivity index (χ4n) is 3.57. The summed E-state index contributed by atoms with van der Waals surface area (Å²) in [5.41, 5.74) is -0.956. The van der Waals surface area contributed by atoms with Crippen LogP contribution in [-0.4, -0.2) is 48.8 Å². The first kappa shape index (κ1) is 26.9. The fourth-order valence-corrected chi connectivity index (χ4v) is 3.90. The molecule has 3 N–H and O–H groups in total. The molecule has 2 heterocycles. The normalized spacial score (nSPS) is 13.5. The molecular weight excluding hydrogens is 495 g/mol. The van der Waals surface area contributed by atoms with Gasteiger partial charge in [0.05, 0.1) is 29.5 Å². The summed E-state index contributed by atoms with van der Waals surface area (Å²) in [5, 5.41) is 28.3. The molecule has 0 fully saturated rings. The van der Waals surface area contributed by atoms with Gasteiger partial charge in [-0.2, -0.15) is 5.10 Å². The molecule has 0 saturated carbocycles. The van der Waals surface area contributed by atoms with Gasteiger partial charge in [-0.15, -0.1) is 0 Å². The predicted molar refractivity (Wildman–Crippen MR) is 135 cm³/mol. The van der Waals surface area contributed by atoms with Crippen molar-refractivity contribution in [3.8, 4) is 17.4 Å². The van der Waals surface area contributed by atoms with E-state index < -0.39 is 17.6 Å². The second-order valence-electron chi connectivity index (χ2n) is 8.81. The highest BCUT2D eigenvalue weighted by atomic mass is 35.5.